The quantitative estimate of drug-likeness (QED) is 0.544. The zero-order chi connectivity index (χ0) is 10.4. The van der Waals surface area contributed by atoms with Crippen molar-refractivity contribution >= 4 is 27.6 Å². The molecule has 0 radical (unpaired) electrons. The molecule has 0 unspecified atom stereocenters. The molecule has 74 valence electrons. The summed E-state index contributed by atoms with van der Waals surface area (Å²) in [7, 11) is 0. The van der Waals surface area contributed by atoms with Gasteiger partial charge in [-0.15, -0.1) is 0 Å². The molecule has 3 nitrogen and oxygen atoms in total. The number of fused-ring (bicyclic) bond motifs is 3. The van der Waals surface area contributed by atoms with E-state index in [1.165, 1.54) is 0 Å². The van der Waals surface area contributed by atoms with E-state index in [9.17, 15) is 0 Å². The number of nitrogens with two attached hydrogens (primary N) is 1. The number of H-pyrrole nitrogens is 1. The summed E-state index contributed by atoms with van der Waals surface area (Å²) >= 11 is 0. The Morgan fingerprint density at radius 2 is 2.07 bits per heavy atom. The van der Waals surface area contributed by atoms with Gasteiger partial charge in [0.25, 0.3) is 0 Å². The molecule has 2 aromatic heterocycles. The summed E-state index contributed by atoms with van der Waals surface area (Å²) in [4.78, 5) is 7.62. The lowest BCUT2D eigenvalue weighted by molar-refractivity contribution is 1.30. The van der Waals surface area contributed by atoms with Crippen molar-refractivity contribution in [3.05, 3.63) is 36.0 Å². The molecule has 0 aliphatic rings. The smallest absolute Gasteiger partial charge is 0.138 e. The van der Waals surface area contributed by atoms with Gasteiger partial charge in [0.05, 0.1) is 0 Å². The number of hydrogen-bond donors (Lipinski definition) is 2. The minimum absolute atomic E-state index is 0.782. The van der Waals surface area contributed by atoms with Crippen LogP contribution in [0.15, 0.2) is 30.5 Å². The molecule has 0 bridgehead atoms. The summed E-state index contributed by atoms with van der Waals surface area (Å²) in [6, 6.07) is 7.99. The number of nitrogens with zero attached hydrogens (tertiary/aromatic N) is 1. The lowest BCUT2D eigenvalue weighted by atomic mass is 10.1. The van der Waals surface area contributed by atoms with Gasteiger partial charge in [0.15, 0.2) is 0 Å². The van der Waals surface area contributed by atoms with Crippen molar-refractivity contribution in [2.24, 2.45) is 0 Å². The van der Waals surface area contributed by atoms with Crippen LogP contribution >= 0.6 is 0 Å². The molecule has 0 aliphatic heterocycles. The highest BCUT2D eigenvalue weighted by molar-refractivity contribution is 6.06. The van der Waals surface area contributed by atoms with Crippen molar-refractivity contribution < 1.29 is 0 Å². The molecular formula is C12H11N3. The number of aromatic nitrogens is 2. The maximum absolute atomic E-state index is 5.78. The topological polar surface area (TPSA) is 54.7 Å². The van der Waals surface area contributed by atoms with E-state index in [1.54, 1.807) is 0 Å². The van der Waals surface area contributed by atoms with Crippen molar-refractivity contribution in [1.82, 2.24) is 9.97 Å². The zero-order valence-corrected chi connectivity index (χ0v) is 8.41. The molecule has 0 spiro atoms. The molecule has 0 atom stereocenters. The first kappa shape index (κ1) is 8.29. The molecule has 1 aromatic carbocycles. The van der Waals surface area contributed by atoms with Crippen molar-refractivity contribution in [3.8, 4) is 0 Å². The molecule has 2 heterocycles. The molecule has 15 heavy (non-hydrogen) atoms. The predicted octanol–water partition coefficient (Wildman–Crippen LogP) is 2.61. The largest absolute Gasteiger partial charge is 0.399 e. The second-order valence-corrected chi connectivity index (χ2v) is 3.84. The normalized spacial score (nSPS) is 11.3. The number of rotatable bonds is 0. The minimum atomic E-state index is 0.782. The van der Waals surface area contributed by atoms with Gasteiger partial charge in [0.1, 0.15) is 5.65 Å². The highest BCUT2D eigenvalue weighted by Gasteiger charge is 2.04. The maximum Gasteiger partial charge on any atom is 0.138 e. The molecule has 0 aliphatic carbocycles. The average molecular weight is 197 g/mol. The zero-order valence-electron chi connectivity index (χ0n) is 8.41. The second-order valence-electron chi connectivity index (χ2n) is 3.84. The minimum Gasteiger partial charge on any atom is -0.399 e. The van der Waals surface area contributed by atoms with Crippen molar-refractivity contribution in [3.63, 3.8) is 0 Å². The van der Waals surface area contributed by atoms with Gasteiger partial charge < -0.3 is 10.7 Å². The second kappa shape index (κ2) is 2.73. The van der Waals surface area contributed by atoms with Gasteiger partial charge in [0.2, 0.25) is 0 Å². The summed E-state index contributed by atoms with van der Waals surface area (Å²) in [5, 5.41) is 2.28. The lowest BCUT2D eigenvalue weighted by Gasteiger charge is -1.94. The van der Waals surface area contributed by atoms with Crippen LogP contribution in [0.1, 0.15) is 5.56 Å². The number of hydrogen-bond acceptors (Lipinski definition) is 2. The molecule has 3 heteroatoms. The fourth-order valence-corrected chi connectivity index (χ4v) is 1.90. The monoisotopic (exact) mass is 197 g/mol. The Morgan fingerprint density at radius 3 is 2.93 bits per heavy atom. The van der Waals surface area contributed by atoms with Gasteiger partial charge in [-0.1, -0.05) is 0 Å². The van der Waals surface area contributed by atoms with Crippen LogP contribution in [0.2, 0.25) is 0 Å². The first-order valence-corrected chi connectivity index (χ1v) is 4.87. The van der Waals surface area contributed by atoms with E-state index in [4.69, 9.17) is 5.73 Å². The van der Waals surface area contributed by atoms with E-state index in [0.29, 0.717) is 0 Å². The van der Waals surface area contributed by atoms with E-state index in [1.807, 2.05) is 31.3 Å². The highest BCUT2D eigenvalue weighted by Crippen LogP contribution is 2.26. The summed E-state index contributed by atoms with van der Waals surface area (Å²) in [5.41, 5.74) is 9.72. The van der Waals surface area contributed by atoms with Crippen LogP contribution in [-0.4, -0.2) is 9.97 Å². The van der Waals surface area contributed by atoms with E-state index in [-0.39, 0.29) is 0 Å². The van der Waals surface area contributed by atoms with Gasteiger partial charge in [0, 0.05) is 28.2 Å². The molecular weight excluding hydrogens is 186 g/mol. The van der Waals surface area contributed by atoms with Crippen LogP contribution < -0.4 is 5.73 Å². The summed E-state index contributed by atoms with van der Waals surface area (Å²) < 4.78 is 0. The number of aryl methyl sites for hydroxylation is 1. The first-order chi connectivity index (χ1) is 7.24. The standard InChI is InChI=1S/C12H11N3/c1-7-4-10-9-5-8(13)2-3-11(9)15-12(10)14-6-7/h2-6H,13H2,1H3,(H,14,15). The number of pyridine rings is 1. The third-order valence-corrected chi connectivity index (χ3v) is 2.61. The lowest BCUT2D eigenvalue weighted by Crippen LogP contribution is -1.82. The molecule has 0 amide bonds. The average Bonchev–Trinajstić information content (AvgIpc) is 2.56. The molecule has 0 saturated carbocycles. The summed E-state index contributed by atoms with van der Waals surface area (Å²) in [5.74, 6) is 0. The third kappa shape index (κ3) is 1.16. The van der Waals surface area contributed by atoms with Crippen molar-refractivity contribution in [2.75, 3.05) is 5.73 Å². The number of benzene rings is 1. The van der Waals surface area contributed by atoms with Crippen LogP contribution in [0, 0.1) is 6.92 Å². The van der Waals surface area contributed by atoms with Crippen molar-refractivity contribution in [2.45, 2.75) is 6.92 Å². The van der Waals surface area contributed by atoms with Crippen LogP contribution in [0.4, 0.5) is 5.69 Å². The number of nitrogens with one attached hydrogen (secondary N) is 1. The Bertz CT molecular complexity index is 596. The Kier molecular flexibility index (Phi) is 1.51. The fourth-order valence-electron chi connectivity index (χ4n) is 1.90. The Hall–Kier alpha value is -2.03. The summed E-state index contributed by atoms with van der Waals surface area (Å²) in [6.07, 6.45) is 1.86. The molecule has 3 rings (SSSR count). The maximum atomic E-state index is 5.78. The SMILES string of the molecule is Cc1cnc2[nH]c3ccc(N)cc3c2c1. The number of nitrogen functional groups attached to an aromatic ring is 1. The van der Waals surface area contributed by atoms with E-state index >= 15 is 0 Å². The van der Waals surface area contributed by atoms with E-state index < -0.39 is 0 Å². The summed E-state index contributed by atoms with van der Waals surface area (Å²) in [6.45, 7) is 2.04. The van der Waals surface area contributed by atoms with Crippen LogP contribution in [0.5, 0.6) is 0 Å². The van der Waals surface area contributed by atoms with Crippen LogP contribution in [-0.2, 0) is 0 Å². The predicted molar refractivity (Wildman–Crippen MR) is 62.7 cm³/mol. The Labute approximate surface area is 86.9 Å². The van der Waals surface area contributed by atoms with Crippen molar-refractivity contribution in [1.29, 1.82) is 0 Å². The van der Waals surface area contributed by atoms with Gasteiger partial charge in [-0.3, -0.25) is 0 Å². The number of aromatic amines is 1. The molecule has 3 aromatic rings. The van der Waals surface area contributed by atoms with Crippen LogP contribution in [0.3, 0.4) is 0 Å². The van der Waals surface area contributed by atoms with E-state index in [0.717, 1.165) is 33.2 Å². The Morgan fingerprint density at radius 1 is 1.20 bits per heavy atom. The van der Waals surface area contributed by atoms with Gasteiger partial charge in [-0.05, 0) is 36.8 Å². The number of anilines is 1. The van der Waals surface area contributed by atoms with E-state index in [2.05, 4.69) is 16.0 Å². The van der Waals surface area contributed by atoms with Gasteiger partial charge in [-0.25, -0.2) is 4.98 Å². The molecule has 0 fully saturated rings. The third-order valence-electron chi connectivity index (χ3n) is 2.61. The molecule has 0 saturated heterocycles. The Balaban J connectivity index is 2.55. The molecule has 3 N–H and O–H groups in total. The highest BCUT2D eigenvalue weighted by atomic mass is 14.8. The first-order valence-electron chi connectivity index (χ1n) is 4.87. The van der Waals surface area contributed by atoms with Gasteiger partial charge >= 0.3 is 0 Å². The fraction of sp³-hybridized carbons (Fsp3) is 0.0833. The van der Waals surface area contributed by atoms with Gasteiger partial charge in [-0.2, -0.15) is 0 Å². The van der Waals surface area contributed by atoms with Crippen LogP contribution in [0.25, 0.3) is 21.9 Å².